The number of nitrogens with zero attached hydrogens (tertiary/aromatic N) is 3. The SMILES string of the molecule is CC1C(=O)N(c2ccc(C#N)cc2)N=C1C(F)(F)F. The van der Waals surface area contributed by atoms with Crippen LogP contribution in [0.5, 0.6) is 0 Å². The highest BCUT2D eigenvalue weighted by molar-refractivity contribution is 6.17. The Hall–Kier alpha value is -2.36. The molecule has 1 unspecified atom stereocenters. The lowest BCUT2D eigenvalue weighted by molar-refractivity contribution is -0.120. The predicted molar refractivity (Wildman–Crippen MR) is 61.3 cm³/mol. The van der Waals surface area contributed by atoms with E-state index in [9.17, 15) is 18.0 Å². The summed E-state index contributed by atoms with van der Waals surface area (Å²) >= 11 is 0. The summed E-state index contributed by atoms with van der Waals surface area (Å²) in [5.41, 5.74) is -0.555. The number of hydrazone groups is 1. The smallest absolute Gasteiger partial charge is 0.272 e. The van der Waals surface area contributed by atoms with Crippen molar-refractivity contribution in [1.29, 1.82) is 5.26 Å². The molecule has 0 saturated carbocycles. The zero-order valence-electron chi connectivity index (χ0n) is 9.77. The number of anilines is 1. The Morgan fingerprint density at radius 1 is 1.32 bits per heavy atom. The number of rotatable bonds is 1. The van der Waals surface area contributed by atoms with Gasteiger partial charge < -0.3 is 0 Å². The van der Waals surface area contributed by atoms with Crippen molar-refractivity contribution in [3.05, 3.63) is 29.8 Å². The molecule has 7 heteroatoms. The third-order valence-corrected chi connectivity index (χ3v) is 2.73. The third kappa shape index (κ3) is 2.29. The monoisotopic (exact) mass is 267 g/mol. The fourth-order valence-electron chi connectivity index (χ4n) is 1.71. The lowest BCUT2D eigenvalue weighted by Crippen LogP contribution is -2.31. The molecule has 1 aliphatic rings. The maximum atomic E-state index is 12.6. The van der Waals surface area contributed by atoms with Crippen molar-refractivity contribution >= 4 is 17.3 Å². The number of nitriles is 1. The van der Waals surface area contributed by atoms with E-state index in [4.69, 9.17) is 5.26 Å². The molecule has 0 aromatic heterocycles. The number of carbonyl (C=O) groups excluding carboxylic acids is 1. The molecular formula is C12H8F3N3O. The first-order valence-corrected chi connectivity index (χ1v) is 5.34. The Balaban J connectivity index is 2.38. The molecule has 0 spiro atoms. The number of carbonyl (C=O) groups is 1. The van der Waals surface area contributed by atoms with Gasteiger partial charge >= 0.3 is 6.18 Å². The minimum Gasteiger partial charge on any atom is -0.272 e. The van der Waals surface area contributed by atoms with Gasteiger partial charge in [-0.25, -0.2) is 0 Å². The second-order valence-corrected chi connectivity index (χ2v) is 4.01. The maximum absolute atomic E-state index is 12.6. The second kappa shape index (κ2) is 4.39. The predicted octanol–water partition coefficient (Wildman–Crippen LogP) is 2.46. The minimum absolute atomic E-state index is 0.204. The van der Waals surface area contributed by atoms with Crippen LogP contribution >= 0.6 is 0 Å². The van der Waals surface area contributed by atoms with Gasteiger partial charge in [-0.05, 0) is 31.2 Å². The van der Waals surface area contributed by atoms with Gasteiger partial charge in [-0.1, -0.05) is 0 Å². The van der Waals surface area contributed by atoms with Crippen LogP contribution < -0.4 is 5.01 Å². The van der Waals surface area contributed by atoms with Gasteiger partial charge in [-0.2, -0.15) is 28.5 Å². The van der Waals surface area contributed by atoms with Crippen LogP contribution in [0.1, 0.15) is 12.5 Å². The number of amides is 1. The molecule has 1 aliphatic heterocycles. The summed E-state index contributed by atoms with van der Waals surface area (Å²) in [5.74, 6) is -2.06. The van der Waals surface area contributed by atoms with E-state index < -0.39 is 23.7 Å². The van der Waals surface area contributed by atoms with Gasteiger partial charge in [0.1, 0.15) is 0 Å². The van der Waals surface area contributed by atoms with Gasteiger partial charge in [0.15, 0.2) is 5.71 Å². The van der Waals surface area contributed by atoms with Crippen LogP contribution in [0.15, 0.2) is 29.4 Å². The van der Waals surface area contributed by atoms with Crippen LogP contribution in [0.2, 0.25) is 0 Å². The van der Waals surface area contributed by atoms with E-state index in [0.29, 0.717) is 10.6 Å². The Kier molecular flexibility index (Phi) is 3.02. The molecule has 1 aromatic carbocycles. The number of halogens is 3. The largest absolute Gasteiger partial charge is 0.432 e. The Labute approximate surface area is 106 Å². The van der Waals surface area contributed by atoms with Crippen LogP contribution in [0, 0.1) is 17.2 Å². The average molecular weight is 267 g/mol. The summed E-state index contributed by atoms with van der Waals surface area (Å²) in [7, 11) is 0. The molecule has 0 N–H and O–H groups in total. The van der Waals surface area contributed by atoms with E-state index in [1.807, 2.05) is 6.07 Å². The van der Waals surface area contributed by atoms with Crippen molar-refractivity contribution in [3.8, 4) is 6.07 Å². The zero-order chi connectivity index (χ0) is 14.2. The van der Waals surface area contributed by atoms with Crippen LogP contribution in [0.4, 0.5) is 18.9 Å². The van der Waals surface area contributed by atoms with E-state index in [1.54, 1.807) is 0 Å². The summed E-state index contributed by atoms with van der Waals surface area (Å²) in [4.78, 5) is 11.8. The molecule has 0 radical (unpaired) electrons. The highest BCUT2D eigenvalue weighted by Crippen LogP contribution is 2.31. The lowest BCUT2D eigenvalue weighted by atomic mass is 10.1. The Morgan fingerprint density at radius 2 is 1.89 bits per heavy atom. The van der Waals surface area contributed by atoms with E-state index in [-0.39, 0.29) is 5.69 Å². The number of alkyl halides is 3. The number of hydrogen-bond acceptors (Lipinski definition) is 3. The van der Waals surface area contributed by atoms with Gasteiger partial charge in [0.25, 0.3) is 5.91 Å². The molecule has 0 saturated heterocycles. The maximum Gasteiger partial charge on any atom is 0.432 e. The summed E-state index contributed by atoms with van der Waals surface area (Å²) in [6, 6.07) is 7.46. The molecule has 2 rings (SSSR count). The molecule has 1 atom stereocenters. The van der Waals surface area contributed by atoms with Crippen LogP contribution in [0.3, 0.4) is 0 Å². The van der Waals surface area contributed by atoms with Gasteiger partial charge in [-0.15, -0.1) is 0 Å². The molecule has 0 bridgehead atoms. The summed E-state index contributed by atoms with van der Waals surface area (Å²) in [6.45, 7) is 1.16. The van der Waals surface area contributed by atoms with E-state index >= 15 is 0 Å². The fraction of sp³-hybridized carbons (Fsp3) is 0.250. The van der Waals surface area contributed by atoms with Crippen molar-refractivity contribution in [3.63, 3.8) is 0 Å². The second-order valence-electron chi connectivity index (χ2n) is 4.01. The topological polar surface area (TPSA) is 56.5 Å². The fourth-order valence-corrected chi connectivity index (χ4v) is 1.71. The molecule has 19 heavy (non-hydrogen) atoms. The Bertz CT molecular complexity index is 584. The first-order chi connectivity index (χ1) is 8.84. The van der Waals surface area contributed by atoms with Gasteiger partial charge in [0, 0.05) is 0 Å². The zero-order valence-corrected chi connectivity index (χ0v) is 9.77. The standard InChI is InChI=1S/C12H8F3N3O/c1-7-10(12(13,14)15)17-18(11(7)19)9-4-2-8(6-16)3-5-9/h2-5,7H,1H3. The third-order valence-electron chi connectivity index (χ3n) is 2.73. The van der Waals surface area contributed by atoms with E-state index in [0.717, 1.165) is 6.92 Å². The van der Waals surface area contributed by atoms with Crippen molar-refractivity contribution in [2.24, 2.45) is 11.0 Å². The quantitative estimate of drug-likeness (QED) is 0.784. The summed E-state index contributed by atoms with van der Waals surface area (Å²) < 4.78 is 37.9. The normalized spacial score (nSPS) is 19.3. The first kappa shape index (κ1) is 13.1. The highest BCUT2D eigenvalue weighted by Gasteiger charge is 2.48. The van der Waals surface area contributed by atoms with Crippen molar-refractivity contribution in [2.75, 3.05) is 5.01 Å². The van der Waals surface area contributed by atoms with Crippen LogP contribution in [-0.4, -0.2) is 17.8 Å². The van der Waals surface area contributed by atoms with Crippen LogP contribution in [0.25, 0.3) is 0 Å². The highest BCUT2D eigenvalue weighted by atomic mass is 19.4. The van der Waals surface area contributed by atoms with Gasteiger partial charge in [0.2, 0.25) is 0 Å². The molecule has 4 nitrogen and oxygen atoms in total. The molecule has 0 fully saturated rings. The average Bonchev–Trinajstić information content (AvgIpc) is 2.66. The van der Waals surface area contributed by atoms with Gasteiger partial charge in [0.05, 0.1) is 23.2 Å². The summed E-state index contributed by atoms with van der Waals surface area (Å²) in [6.07, 6.45) is -4.63. The van der Waals surface area contributed by atoms with E-state index in [1.165, 1.54) is 24.3 Å². The van der Waals surface area contributed by atoms with Crippen molar-refractivity contribution in [1.82, 2.24) is 0 Å². The number of benzene rings is 1. The first-order valence-electron chi connectivity index (χ1n) is 5.34. The molecular weight excluding hydrogens is 259 g/mol. The molecule has 1 amide bonds. The molecule has 1 heterocycles. The van der Waals surface area contributed by atoms with Crippen molar-refractivity contribution in [2.45, 2.75) is 13.1 Å². The van der Waals surface area contributed by atoms with Crippen LogP contribution in [-0.2, 0) is 4.79 Å². The minimum atomic E-state index is -4.63. The molecule has 1 aromatic rings. The lowest BCUT2D eigenvalue weighted by Gasteiger charge is -2.12. The van der Waals surface area contributed by atoms with E-state index in [2.05, 4.69) is 5.10 Å². The Morgan fingerprint density at radius 3 is 2.32 bits per heavy atom. The summed E-state index contributed by atoms with van der Waals surface area (Å²) in [5, 5.41) is 12.7. The van der Waals surface area contributed by atoms with Crippen molar-refractivity contribution < 1.29 is 18.0 Å². The molecule has 98 valence electrons. The van der Waals surface area contributed by atoms with Gasteiger partial charge in [-0.3, -0.25) is 4.79 Å². The molecule has 0 aliphatic carbocycles. The number of hydrogen-bond donors (Lipinski definition) is 0.